The summed E-state index contributed by atoms with van der Waals surface area (Å²) < 4.78 is 1.79. The normalized spacial score (nSPS) is 18.1. The van der Waals surface area contributed by atoms with Crippen molar-refractivity contribution < 1.29 is 9.90 Å². The van der Waals surface area contributed by atoms with Crippen molar-refractivity contribution in [3.05, 3.63) is 12.2 Å². The lowest BCUT2D eigenvalue weighted by Crippen LogP contribution is -2.21. The first-order chi connectivity index (χ1) is 7.05. The van der Waals surface area contributed by atoms with E-state index in [0.717, 1.165) is 18.7 Å². The van der Waals surface area contributed by atoms with Crippen LogP contribution in [0.25, 0.3) is 0 Å². The summed E-state index contributed by atoms with van der Waals surface area (Å²) in [5, 5.41) is 13.2. The van der Waals surface area contributed by atoms with Gasteiger partial charge in [-0.15, -0.1) is 0 Å². The van der Waals surface area contributed by atoms with Gasteiger partial charge in [-0.05, 0) is 26.7 Å². The number of nitrogens with zero attached hydrogens (tertiary/aromatic N) is 3. The summed E-state index contributed by atoms with van der Waals surface area (Å²) in [5.41, 5.74) is -0.556. The molecule has 2 rings (SSSR count). The van der Waals surface area contributed by atoms with Gasteiger partial charge in [0.1, 0.15) is 12.2 Å². The number of carboxylic acids is 1. The molecule has 0 amide bonds. The van der Waals surface area contributed by atoms with Crippen LogP contribution in [0.3, 0.4) is 0 Å². The van der Waals surface area contributed by atoms with E-state index in [4.69, 9.17) is 5.11 Å². The minimum Gasteiger partial charge on any atom is -0.481 e. The van der Waals surface area contributed by atoms with Gasteiger partial charge in [-0.2, -0.15) is 5.10 Å². The van der Waals surface area contributed by atoms with Crippen molar-refractivity contribution in [3.63, 3.8) is 0 Å². The molecule has 5 nitrogen and oxygen atoms in total. The zero-order valence-electron chi connectivity index (χ0n) is 8.97. The third-order valence-electron chi connectivity index (χ3n) is 2.94. The Labute approximate surface area is 88.1 Å². The molecule has 1 heterocycles. The zero-order chi connectivity index (χ0) is 11.1. The second kappa shape index (κ2) is 3.32. The Bertz CT molecular complexity index is 380. The molecule has 1 N–H and O–H groups in total. The van der Waals surface area contributed by atoms with E-state index >= 15 is 0 Å². The smallest absolute Gasteiger partial charge is 0.310 e. The van der Waals surface area contributed by atoms with Crippen LogP contribution >= 0.6 is 0 Å². The first kappa shape index (κ1) is 10.1. The number of hydrogen-bond acceptors (Lipinski definition) is 3. The summed E-state index contributed by atoms with van der Waals surface area (Å²) in [6.07, 6.45) is 3.51. The molecule has 0 unspecified atom stereocenters. The van der Waals surface area contributed by atoms with Gasteiger partial charge in [-0.25, -0.2) is 9.67 Å². The fourth-order valence-electron chi connectivity index (χ4n) is 1.75. The molecule has 0 aromatic carbocycles. The Balaban J connectivity index is 2.18. The molecular formula is C10H15N3O2. The molecule has 0 radical (unpaired) electrons. The van der Waals surface area contributed by atoms with E-state index in [1.54, 1.807) is 4.68 Å². The minimum absolute atomic E-state index is 0.229. The van der Waals surface area contributed by atoms with Crippen LogP contribution in [0.1, 0.15) is 38.6 Å². The van der Waals surface area contributed by atoms with Gasteiger partial charge in [0.15, 0.2) is 0 Å². The van der Waals surface area contributed by atoms with Crippen LogP contribution in [-0.2, 0) is 11.2 Å². The van der Waals surface area contributed by atoms with Gasteiger partial charge in [0.2, 0.25) is 0 Å². The predicted molar refractivity (Wildman–Crippen MR) is 53.4 cm³/mol. The number of hydrogen-bond donors (Lipinski definition) is 1. The Morgan fingerprint density at radius 2 is 2.33 bits per heavy atom. The van der Waals surface area contributed by atoms with Crippen molar-refractivity contribution in [2.45, 2.75) is 39.2 Å². The average Bonchev–Trinajstić information content (AvgIpc) is 2.77. The summed E-state index contributed by atoms with van der Waals surface area (Å²) in [6, 6.07) is 0.229. The maximum Gasteiger partial charge on any atom is 0.310 e. The largest absolute Gasteiger partial charge is 0.481 e. The third kappa shape index (κ3) is 1.73. The molecule has 15 heavy (non-hydrogen) atoms. The minimum atomic E-state index is -0.708. The van der Waals surface area contributed by atoms with Gasteiger partial charge in [0.25, 0.3) is 0 Å². The van der Waals surface area contributed by atoms with Crippen molar-refractivity contribution in [2.24, 2.45) is 5.41 Å². The molecule has 1 aliphatic rings. The van der Waals surface area contributed by atoms with Crippen LogP contribution in [-0.4, -0.2) is 25.8 Å². The molecule has 1 saturated carbocycles. The molecule has 1 aromatic heterocycles. The highest BCUT2D eigenvalue weighted by molar-refractivity contribution is 5.78. The van der Waals surface area contributed by atoms with E-state index < -0.39 is 11.4 Å². The van der Waals surface area contributed by atoms with Crippen LogP contribution < -0.4 is 0 Å². The van der Waals surface area contributed by atoms with E-state index in [1.165, 1.54) is 6.33 Å². The van der Waals surface area contributed by atoms with Gasteiger partial charge < -0.3 is 5.11 Å². The molecule has 5 heteroatoms. The predicted octanol–water partition coefficient (Wildman–Crippen LogP) is 1.27. The molecule has 1 aromatic rings. The van der Waals surface area contributed by atoms with Crippen molar-refractivity contribution in [1.29, 1.82) is 0 Å². The van der Waals surface area contributed by atoms with Gasteiger partial charge in [0.05, 0.1) is 5.41 Å². The number of rotatable bonds is 4. The monoisotopic (exact) mass is 209 g/mol. The Hall–Kier alpha value is -1.39. The molecule has 82 valence electrons. The molecule has 0 spiro atoms. The van der Waals surface area contributed by atoms with E-state index in [0.29, 0.717) is 6.42 Å². The van der Waals surface area contributed by atoms with Crippen LogP contribution in [0.2, 0.25) is 0 Å². The number of carboxylic acid groups (broad SMARTS) is 1. The fourth-order valence-corrected chi connectivity index (χ4v) is 1.75. The molecular weight excluding hydrogens is 194 g/mol. The lowest BCUT2D eigenvalue weighted by atomic mass is 10.0. The average molecular weight is 209 g/mol. The van der Waals surface area contributed by atoms with Gasteiger partial charge in [-0.1, -0.05) is 0 Å². The van der Waals surface area contributed by atoms with Crippen molar-refractivity contribution in [3.8, 4) is 0 Å². The van der Waals surface area contributed by atoms with Crippen LogP contribution in [0.4, 0.5) is 0 Å². The maximum absolute atomic E-state index is 11.0. The second-order valence-electron chi connectivity index (χ2n) is 4.48. The maximum atomic E-state index is 11.0. The number of aromatic nitrogens is 3. The summed E-state index contributed by atoms with van der Waals surface area (Å²) in [4.78, 5) is 15.2. The Morgan fingerprint density at radius 3 is 2.80 bits per heavy atom. The molecule has 0 aliphatic heterocycles. The number of carbonyl (C=O) groups is 1. The molecule has 1 fully saturated rings. The molecule has 1 aliphatic carbocycles. The lowest BCUT2D eigenvalue weighted by molar-refractivity contribution is -0.143. The quantitative estimate of drug-likeness (QED) is 0.810. The lowest BCUT2D eigenvalue weighted by Gasteiger charge is -2.12. The van der Waals surface area contributed by atoms with E-state index in [-0.39, 0.29) is 6.04 Å². The van der Waals surface area contributed by atoms with Gasteiger partial charge in [-0.3, -0.25) is 4.79 Å². The molecule has 0 bridgehead atoms. The SMILES string of the molecule is CC(C)n1ncnc1CC1(C(=O)O)CC1. The Kier molecular flexibility index (Phi) is 2.25. The highest BCUT2D eigenvalue weighted by Crippen LogP contribution is 2.48. The first-order valence-electron chi connectivity index (χ1n) is 5.17. The van der Waals surface area contributed by atoms with E-state index in [2.05, 4.69) is 10.1 Å². The van der Waals surface area contributed by atoms with Gasteiger partial charge >= 0.3 is 5.97 Å². The van der Waals surface area contributed by atoms with Crippen molar-refractivity contribution >= 4 is 5.97 Å². The second-order valence-corrected chi connectivity index (χ2v) is 4.48. The fraction of sp³-hybridized carbons (Fsp3) is 0.700. The number of aliphatic carboxylic acids is 1. The van der Waals surface area contributed by atoms with E-state index in [1.807, 2.05) is 13.8 Å². The topological polar surface area (TPSA) is 68.0 Å². The molecule has 0 atom stereocenters. The van der Waals surface area contributed by atoms with Crippen LogP contribution in [0.5, 0.6) is 0 Å². The highest BCUT2D eigenvalue weighted by Gasteiger charge is 2.51. The standard InChI is InChI=1S/C10H15N3O2/c1-7(2)13-8(11-6-12-13)5-10(3-4-10)9(14)15/h6-7H,3-5H2,1-2H3,(H,14,15). The third-order valence-corrected chi connectivity index (χ3v) is 2.94. The summed E-state index contributed by atoms with van der Waals surface area (Å²) in [5.74, 6) is 0.0747. The molecule has 0 saturated heterocycles. The summed E-state index contributed by atoms with van der Waals surface area (Å²) >= 11 is 0. The van der Waals surface area contributed by atoms with Crippen LogP contribution in [0, 0.1) is 5.41 Å². The van der Waals surface area contributed by atoms with Crippen molar-refractivity contribution in [2.75, 3.05) is 0 Å². The zero-order valence-corrected chi connectivity index (χ0v) is 8.97. The van der Waals surface area contributed by atoms with E-state index in [9.17, 15) is 4.79 Å². The van der Waals surface area contributed by atoms with Gasteiger partial charge in [0, 0.05) is 12.5 Å². The van der Waals surface area contributed by atoms with Crippen molar-refractivity contribution in [1.82, 2.24) is 14.8 Å². The Morgan fingerprint density at radius 1 is 1.67 bits per heavy atom. The van der Waals surface area contributed by atoms with Crippen LogP contribution in [0.15, 0.2) is 6.33 Å². The highest BCUT2D eigenvalue weighted by atomic mass is 16.4. The summed E-state index contributed by atoms with van der Waals surface area (Å²) in [6.45, 7) is 4.02. The summed E-state index contributed by atoms with van der Waals surface area (Å²) in [7, 11) is 0. The first-order valence-corrected chi connectivity index (χ1v) is 5.17.